The van der Waals surface area contributed by atoms with Crippen molar-refractivity contribution in [3.05, 3.63) is 35.9 Å². The Labute approximate surface area is 310 Å². The van der Waals surface area contributed by atoms with E-state index in [-0.39, 0.29) is 42.4 Å². The molecule has 0 aliphatic carbocycles. The summed E-state index contributed by atoms with van der Waals surface area (Å²) in [6, 6.07) is 6.72. The summed E-state index contributed by atoms with van der Waals surface area (Å²) >= 11 is 0. The fourth-order valence-electron chi connectivity index (χ4n) is 6.96. The molecule has 1 aromatic rings. The molecule has 1 aliphatic heterocycles. The van der Waals surface area contributed by atoms with Crippen molar-refractivity contribution < 1.29 is 42.9 Å². The summed E-state index contributed by atoms with van der Waals surface area (Å²) in [5, 5.41) is 5.59. The van der Waals surface area contributed by atoms with Gasteiger partial charge in [0.25, 0.3) is 0 Å². The van der Waals surface area contributed by atoms with E-state index in [1.807, 2.05) is 58.0 Å². The van der Waals surface area contributed by atoms with E-state index in [1.54, 1.807) is 44.5 Å². The molecule has 4 amide bonds. The van der Waals surface area contributed by atoms with Crippen LogP contribution in [0.15, 0.2) is 30.3 Å². The molecule has 1 aliphatic rings. The Bertz CT molecular complexity index is 1320. The Hall–Kier alpha value is -3.71. The normalized spacial score (nSPS) is 18.7. The molecule has 1 fully saturated rings. The van der Waals surface area contributed by atoms with E-state index < -0.39 is 60.0 Å². The second-order valence-electron chi connectivity index (χ2n) is 15.2. The lowest BCUT2D eigenvalue weighted by molar-refractivity contribution is -0.148. The Balaban J connectivity index is 2.26. The molecule has 1 aromatic carbocycles. The second kappa shape index (κ2) is 20.5. The minimum Gasteiger partial charge on any atom is -0.467 e. The smallest absolute Gasteiger partial charge is 0.408 e. The van der Waals surface area contributed by atoms with Gasteiger partial charge in [0.15, 0.2) is 0 Å². The van der Waals surface area contributed by atoms with Crippen LogP contribution in [0.4, 0.5) is 4.79 Å². The van der Waals surface area contributed by atoms with Gasteiger partial charge in [-0.05, 0) is 51.0 Å². The van der Waals surface area contributed by atoms with Gasteiger partial charge in [0.05, 0.1) is 43.7 Å². The van der Waals surface area contributed by atoms with Crippen LogP contribution in [-0.4, -0.2) is 116 Å². The zero-order valence-corrected chi connectivity index (χ0v) is 33.4. The molecule has 0 radical (unpaired) electrons. The Morgan fingerprint density at radius 2 is 1.60 bits per heavy atom. The average Bonchev–Trinajstić information content (AvgIpc) is 3.58. The number of nitrogens with one attached hydrogen (secondary N) is 2. The zero-order valence-electron chi connectivity index (χ0n) is 33.4. The largest absolute Gasteiger partial charge is 0.467 e. The van der Waals surface area contributed by atoms with Crippen LogP contribution in [0.2, 0.25) is 0 Å². The van der Waals surface area contributed by atoms with E-state index in [4.69, 9.17) is 18.9 Å². The summed E-state index contributed by atoms with van der Waals surface area (Å²) in [5.74, 6) is -2.42. The first kappa shape index (κ1) is 44.5. The van der Waals surface area contributed by atoms with Gasteiger partial charge in [-0.25, -0.2) is 9.59 Å². The first-order chi connectivity index (χ1) is 24.4. The van der Waals surface area contributed by atoms with Crippen molar-refractivity contribution in [1.29, 1.82) is 0 Å². The molecular formula is C39H64N4O9. The van der Waals surface area contributed by atoms with E-state index in [0.29, 0.717) is 19.4 Å². The minimum atomic E-state index is -0.893. The van der Waals surface area contributed by atoms with E-state index in [0.717, 1.165) is 12.0 Å². The number of carbonyl (C=O) groups is 5. The number of hydrogen-bond donors (Lipinski definition) is 2. The van der Waals surface area contributed by atoms with Gasteiger partial charge in [0, 0.05) is 34.2 Å². The lowest BCUT2D eigenvalue weighted by Crippen LogP contribution is -2.58. The predicted octanol–water partition coefficient (Wildman–Crippen LogP) is 4.36. The maximum Gasteiger partial charge on any atom is 0.408 e. The van der Waals surface area contributed by atoms with Crippen LogP contribution in [0.5, 0.6) is 0 Å². The molecule has 52 heavy (non-hydrogen) atoms. The number of rotatable bonds is 18. The molecule has 294 valence electrons. The number of alkyl carbamates (subject to hydrolysis) is 1. The fourth-order valence-corrected chi connectivity index (χ4v) is 6.96. The van der Waals surface area contributed by atoms with E-state index in [1.165, 1.54) is 21.3 Å². The van der Waals surface area contributed by atoms with Crippen molar-refractivity contribution in [2.75, 3.05) is 34.9 Å². The highest BCUT2D eigenvalue weighted by atomic mass is 16.6. The van der Waals surface area contributed by atoms with E-state index >= 15 is 0 Å². The third-order valence-corrected chi connectivity index (χ3v) is 9.95. The summed E-state index contributed by atoms with van der Waals surface area (Å²) in [6.07, 6.45) is 0.326. The number of carbonyl (C=O) groups excluding carboxylic acids is 5. The quantitative estimate of drug-likeness (QED) is 0.210. The number of hydrogen-bond acceptors (Lipinski definition) is 9. The molecule has 1 unspecified atom stereocenters. The predicted molar refractivity (Wildman–Crippen MR) is 198 cm³/mol. The molecule has 2 rings (SSSR count). The number of esters is 1. The molecule has 0 aromatic heterocycles. The molecule has 0 bridgehead atoms. The molecule has 1 saturated heterocycles. The summed E-state index contributed by atoms with van der Waals surface area (Å²) in [4.78, 5) is 70.4. The summed E-state index contributed by atoms with van der Waals surface area (Å²) < 4.78 is 22.3. The number of amides is 4. The molecule has 1 heterocycles. The molecule has 0 spiro atoms. The topological polar surface area (TPSA) is 153 Å². The third-order valence-electron chi connectivity index (χ3n) is 9.95. The van der Waals surface area contributed by atoms with Gasteiger partial charge in [-0.15, -0.1) is 0 Å². The number of benzene rings is 1. The first-order valence-corrected chi connectivity index (χ1v) is 18.4. The SMILES string of the molecule is CC[C@H](C)[C@@H](C(CC(=O)N1CCC[C@H]1[C@H](OC)[C@@H](C)C(=O)N[C@@H](Cc1ccccc1)C(=O)OC)OC)N(C)C(=O)[C@@H](NC(=O)OC(C)(C)C)C(C)C. The van der Waals surface area contributed by atoms with Crippen molar-refractivity contribution in [2.24, 2.45) is 17.8 Å². The maximum absolute atomic E-state index is 14.1. The van der Waals surface area contributed by atoms with Crippen molar-refractivity contribution in [2.45, 2.75) is 129 Å². The highest BCUT2D eigenvalue weighted by molar-refractivity contribution is 5.87. The average molecular weight is 733 g/mol. The van der Waals surface area contributed by atoms with Crippen LogP contribution >= 0.6 is 0 Å². The number of likely N-dealkylation sites (N-methyl/N-ethyl adjacent to an activating group) is 1. The van der Waals surface area contributed by atoms with Crippen LogP contribution in [0, 0.1) is 17.8 Å². The van der Waals surface area contributed by atoms with Crippen LogP contribution in [-0.2, 0) is 44.5 Å². The summed E-state index contributed by atoms with van der Waals surface area (Å²) in [5.41, 5.74) is 0.142. The van der Waals surface area contributed by atoms with Gasteiger partial charge in [-0.2, -0.15) is 0 Å². The molecule has 8 atom stereocenters. The molecule has 0 saturated carbocycles. The number of nitrogens with zero attached hydrogens (tertiary/aromatic N) is 2. The Morgan fingerprint density at radius 3 is 2.12 bits per heavy atom. The number of likely N-dealkylation sites (tertiary alicyclic amines) is 1. The van der Waals surface area contributed by atoms with Crippen LogP contribution < -0.4 is 10.6 Å². The highest BCUT2D eigenvalue weighted by Gasteiger charge is 2.43. The monoisotopic (exact) mass is 732 g/mol. The fraction of sp³-hybridized carbons (Fsp3) is 0.718. The Morgan fingerprint density at radius 1 is 0.962 bits per heavy atom. The first-order valence-electron chi connectivity index (χ1n) is 18.4. The van der Waals surface area contributed by atoms with Crippen molar-refractivity contribution in [3.63, 3.8) is 0 Å². The zero-order chi connectivity index (χ0) is 39.3. The lowest BCUT2D eigenvalue weighted by Gasteiger charge is -2.40. The van der Waals surface area contributed by atoms with Gasteiger partial charge in [-0.3, -0.25) is 14.4 Å². The minimum absolute atomic E-state index is 0.00995. The van der Waals surface area contributed by atoms with Crippen molar-refractivity contribution >= 4 is 29.8 Å². The highest BCUT2D eigenvalue weighted by Crippen LogP contribution is 2.30. The number of methoxy groups -OCH3 is 3. The summed E-state index contributed by atoms with van der Waals surface area (Å²) in [7, 11) is 6.02. The van der Waals surface area contributed by atoms with E-state index in [2.05, 4.69) is 10.6 Å². The van der Waals surface area contributed by atoms with Gasteiger partial charge in [-0.1, -0.05) is 71.4 Å². The number of ether oxygens (including phenoxy) is 4. The maximum atomic E-state index is 14.1. The van der Waals surface area contributed by atoms with Gasteiger partial charge >= 0.3 is 12.1 Å². The van der Waals surface area contributed by atoms with Gasteiger partial charge in [0.2, 0.25) is 17.7 Å². The standard InChI is InChI=1S/C39H64N4O9/c1-13-25(4)33(42(9)36(46)32(24(2)3)41-38(48)52-39(6,7)8)30(49-10)23-31(44)43-21-17-20-29(43)34(50-11)26(5)35(45)40-28(37(47)51-12)22-27-18-15-14-16-19-27/h14-16,18-19,24-26,28-30,32-34H,13,17,20-23H2,1-12H3,(H,40,45)(H,41,48)/t25-,26+,28-,29-,30?,32-,33-,34+/m0/s1. The third kappa shape index (κ3) is 12.5. The van der Waals surface area contributed by atoms with Gasteiger partial charge < -0.3 is 39.4 Å². The van der Waals surface area contributed by atoms with Crippen LogP contribution in [0.3, 0.4) is 0 Å². The lowest BCUT2D eigenvalue weighted by atomic mass is 9.89. The van der Waals surface area contributed by atoms with Crippen LogP contribution in [0.25, 0.3) is 0 Å². The van der Waals surface area contributed by atoms with E-state index in [9.17, 15) is 24.0 Å². The Kier molecular flexibility index (Phi) is 17.5. The van der Waals surface area contributed by atoms with Gasteiger partial charge in [0.1, 0.15) is 17.7 Å². The van der Waals surface area contributed by atoms with Crippen LogP contribution in [0.1, 0.15) is 86.6 Å². The molecule has 13 nitrogen and oxygen atoms in total. The molecule has 2 N–H and O–H groups in total. The summed E-state index contributed by atoms with van der Waals surface area (Å²) in [6.45, 7) is 15.2. The van der Waals surface area contributed by atoms with Crippen molar-refractivity contribution in [1.82, 2.24) is 20.4 Å². The second-order valence-corrected chi connectivity index (χ2v) is 15.2. The van der Waals surface area contributed by atoms with Crippen molar-refractivity contribution in [3.8, 4) is 0 Å². The molecule has 13 heteroatoms. The molecular weight excluding hydrogens is 668 g/mol.